The van der Waals surface area contributed by atoms with Gasteiger partial charge in [-0.2, -0.15) is 0 Å². The fraction of sp³-hybridized carbons (Fsp3) is 0.480. The maximum absolute atomic E-state index is 13.4. The van der Waals surface area contributed by atoms with Gasteiger partial charge in [-0.15, -0.1) is 0 Å². The number of ether oxygens (including phenoxy) is 8. The van der Waals surface area contributed by atoms with Crippen LogP contribution in [0.4, 0.5) is 0 Å². The number of aromatic nitrogens is 6. The molecular weight excluding hydrogens is 931 g/mol. The molecule has 0 radical (unpaired) electrons. The molecule has 0 unspecified atom stereocenters. The van der Waals surface area contributed by atoms with Gasteiger partial charge in [0.2, 0.25) is 11.5 Å². The second-order valence-electron chi connectivity index (χ2n) is 20.2. The molecule has 6 rings (SSSR count). The molecule has 6 aromatic rings. The molecule has 0 bridgehead atoms. The Hall–Kier alpha value is -6.23. The summed E-state index contributed by atoms with van der Waals surface area (Å²) < 4.78 is 48.3. The van der Waals surface area contributed by atoms with Crippen molar-refractivity contribution in [1.29, 1.82) is 0 Å². The van der Waals surface area contributed by atoms with Crippen molar-refractivity contribution >= 4 is 50.4 Å². The van der Waals surface area contributed by atoms with Crippen LogP contribution in [0.3, 0.4) is 0 Å². The van der Waals surface area contributed by atoms with E-state index in [4.69, 9.17) is 47.9 Å². The Morgan fingerprint density at radius 2 is 0.957 bits per heavy atom. The van der Waals surface area contributed by atoms with Gasteiger partial charge >= 0.3 is 5.97 Å². The molecule has 0 atom stereocenters. The molecule has 4 aromatic heterocycles. The number of carbonyl (C=O) groups excluding carboxylic acids is 1. The van der Waals surface area contributed by atoms with E-state index in [1.54, 1.807) is 57.3 Å². The van der Waals surface area contributed by atoms with E-state index < -0.39 is 27.7 Å². The zero-order chi connectivity index (χ0) is 51.9. The maximum atomic E-state index is 13.4. The Balaban J connectivity index is 0.000000262. The van der Waals surface area contributed by atoms with Gasteiger partial charge in [0.25, 0.3) is 5.91 Å². The summed E-state index contributed by atoms with van der Waals surface area (Å²) in [5, 5.41) is 12.9. The number of carbonyl (C=O) groups is 2. The number of hydrogen-bond acceptors (Lipinski definition) is 14. The van der Waals surface area contributed by atoms with E-state index in [9.17, 15) is 14.7 Å². The molecule has 380 valence electrons. The number of carboxylic acids is 1. The van der Waals surface area contributed by atoms with Crippen LogP contribution in [0, 0.1) is 13.8 Å². The van der Waals surface area contributed by atoms with Crippen LogP contribution < -0.4 is 33.7 Å². The minimum Gasteiger partial charge on any atom is -0.493 e. The average molecular weight is 1000 g/mol. The van der Waals surface area contributed by atoms with Crippen molar-refractivity contribution in [2.75, 3.05) is 55.9 Å². The highest BCUT2D eigenvalue weighted by Gasteiger charge is 2.28. The van der Waals surface area contributed by atoms with Crippen LogP contribution in [-0.2, 0) is 22.9 Å². The number of methoxy groups -OCH3 is 6. The van der Waals surface area contributed by atoms with E-state index in [0.717, 1.165) is 23.3 Å². The van der Waals surface area contributed by atoms with Gasteiger partial charge in [0.15, 0.2) is 34.3 Å². The van der Waals surface area contributed by atoms with E-state index in [-0.39, 0.29) is 18.2 Å². The molecule has 1 amide bonds. The number of aromatic carboxylic acids is 1. The van der Waals surface area contributed by atoms with Crippen molar-refractivity contribution in [2.24, 2.45) is 0 Å². The second kappa shape index (κ2) is 22.7. The van der Waals surface area contributed by atoms with Crippen LogP contribution in [0.25, 0.3) is 44.8 Å². The molecule has 0 fully saturated rings. The minimum absolute atomic E-state index is 0.112. The third-order valence-electron chi connectivity index (χ3n) is 11.3. The highest BCUT2D eigenvalue weighted by Crippen LogP contribution is 2.42. The van der Waals surface area contributed by atoms with Crippen LogP contribution in [0.1, 0.15) is 52.9 Å². The minimum atomic E-state index is -1.23. The predicted molar refractivity (Wildman–Crippen MR) is 277 cm³/mol. The Bertz CT molecular complexity index is 2770. The van der Waals surface area contributed by atoms with Gasteiger partial charge in [-0.25, -0.2) is 24.7 Å². The van der Waals surface area contributed by atoms with Crippen LogP contribution in [0.5, 0.6) is 34.5 Å². The highest BCUT2D eigenvalue weighted by atomic mass is 28.3. The van der Waals surface area contributed by atoms with E-state index >= 15 is 0 Å². The summed E-state index contributed by atoms with van der Waals surface area (Å²) in [7, 11) is 6.83. The molecule has 0 saturated heterocycles. The summed E-state index contributed by atoms with van der Waals surface area (Å²) in [6.07, 6.45) is 3.29. The van der Waals surface area contributed by atoms with Crippen LogP contribution >= 0.6 is 0 Å². The zero-order valence-corrected chi connectivity index (χ0v) is 45.9. The van der Waals surface area contributed by atoms with Gasteiger partial charge < -0.3 is 57.5 Å². The summed E-state index contributed by atoms with van der Waals surface area (Å²) in [6, 6.07) is 9.21. The molecule has 0 aliphatic carbocycles. The molecule has 0 saturated carbocycles. The summed E-state index contributed by atoms with van der Waals surface area (Å²) in [5.74, 6) is 1.64. The molecule has 0 spiro atoms. The molecule has 70 heavy (non-hydrogen) atoms. The third-order valence-corrected chi connectivity index (χ3v) is 14.7. The van der Waals surface area contributed by atoms with Crippen molar-refractivity contribution in [3.8, 4) is 57.0 Å². The lowest BCUT2D eigenvalue weighted by Crippen LogP contribution is -2.40. The maximum Gasteiger partial charge on any atom is 0.339 e. The number of fused-ring (bicyclic) bond motifs is 2. The molecule has 4 heterocycles. The number of carboxylic acid groups (broad SMARTS) is 1. The van der Waals surface area contributed by atoms with E-state index in [2.05, 4.69) is 54.6 Å². The molecule has 2 aromatic carbocycles. The van der Waals surface area contributed by atoms with E-state index in [0.29, 0.717) is 105 Å². The van der Waals surface area contributed by atoms with Crippen molar-refractivity contribution in [2.45, 2.75) is 105 Å². The number of amides is 1. The van der Waals surface area contributed by atoms with E-state index in [1.807, 2.05) is 44.4 Å². The SMILES string of the molecule is COc1cc(-c2cnc3c(n2)c(C(=O)NC(C)(C)C)c(C)n3COCC[Si](C)(C)C)cc(OC)c1OC.COc1cc(-c2cnc3c(n2)c(C(=O)O)c(C)n3COCC[Si](C)(C)C)cc(OC)c1OC. The molecule has 2 N–H and O–H groups in total. The Kier molecular flexibility index (Phi) is 17.7. The van der Waals surface area contributed by atoms with E-state index in [1.165, 1.54) is 21.3 Å². The van der Waals surface area contributed by atoms with Crippen LogP contribution in [0.2, 0.25) is 51.4 Å². The fourth-order valence-corrected chi connectivity index (χ4v) is 8.99. The highest BCUT2D eigenvalue weighted by molar-refractivity contribution is 6.76. The lowest BCUT2D eigenvalue weighted by atomic mass is 10.1. The normalized spacial score (nSPS) is 11.8. The van der Waals surface area contributed by atoms with Gasteiger partial charge in [0.05, 0.1) is 72.0 Å². The second-order valence-corrected chi connectivity index (χ2v) is 31.4. The fourth-order valence-electron chi connectivity index (χ4n) is 7.48. The molecular formula is C50H71N7O11Si2. The van der Waals surface area contributed by atoms with Gasteiger partial charge in [-0.05, 0) is 71.0 Å². The number of nitrogens with one attached hydrogen (secondary N) is 1. The van der Waals surface area contributed by atoms with Gasteiger partial charge in [-0.3, -0.25) is 4.79 Å². The first kappa shape index (κ1) is 54.7. The van der Waals surface area contributed by atoms with Crippen LogP contribution in [0.15, 0.2) is 36.7 Å². The van der Waals surface area contributed by atoms with Crippen molar-refractivity contribution in [3.63, 3.8) is 0 Å². The average Bonchev–Trinajstić information content (AvgIpc) is 3.74. The number of hydrogen-bond donors (Lipinski definition) is 2. The summed E-state index contributed by atoms with van der Waals surface area (Å²) in [5.41, 5.74) is 5.83. The first-order chi connectivity index (χ1) is 32.9. The molecule has 0 aliphatic heterocycles. The number of rotatable bonds is 20. The molecule has 18 nitrogen and oxygen atoms in total. The van der Waals surface area contributed by atoms with Crippen molar-refractivity contribution < 1.29 is 52.6 Å². The topological polar surface area (TPSA) is 202 Å². The molecule has 20 heteroatoms. The largest absolute Gasteiger partial charge is 0.493 e. The van der Waals surface area contributed by atoms with Gasteiger partial charge in [0.1, 0.15) is 30.1 Å². The first-order valence-electron chi connectivity index (χ1n) is 22.9. The quantitative estimate of drug-likeness (QED) is 0.0540. The predicted octanol–water partition coefficient (Wildman–Crippen LogP) is 9.72. The summed E-state index contributed by atoms with van der Waals surface area (Å²) in [6.45, 7) is 25.1. The first-order valence-corrected chi connectivity index (χ1v) is 30.4. The Morgan fingerprint density at radius 1 is 0.600 bits per heavy atom. The Morgan fingerprint density at radius 3 is 1.27 bits per heavy atom. The lowest BCUT2D eigenvalue weighted by molar-refractivity contribution is 0.0693. The summed E-state index contributed by atoms with van der Waals surface area (Å²) in [4.78, 5) is 44.3. The Labute approximate surface area is 413 Å². The van der Waals surface area contributed by atoms with Gasteiger partial charge in [0, 0.05) is 57.4 Å². The van der Waals surface area contributed by atoms with Crippen LogP contribution in [-0.4, -0.2) is 124 Å². The zero-order valence-electron chi connectivity index (χ0n) is 43.9. The monoisotopic (exact) mass is 1000 g/mol. The standard InChI is InChI=1S/C27H40N4O5Si.C23H31N3O6Si/c1-17-22(26(32)30-27(2,3)4)23-25(31(17)16-36-11-12-37(8,9)10)28-15-19(29-23)18-13-20(33-5)24(35-7)21(14-18)34-6;1-14-19(23(27)28)20-22(26(14)13-32-8-9-33(5,6)7)24-12-16(25-20)15-10-17(29-2)21(31-4)18(11-15)30-3/h13-15H,11-12,16H2,1-10H3,(H,30,32);10-12H,8-9,13H2,1-7H3,(H,27,28). The number of nitrogens with zero attached hydrogens (tertiary/aromatic N) is 6. The molecule has 0 aliphatic rings. The number of benzene rings is 2. The third kappa shape index (κ3) is 12.9. The smallest absolute Gasteiger partial charge is 0.339 e. The van der Waals surface area contributed by atoms with Gasteiger partial charge in [-0.1, -0.05) is 39.3 Å². The van der Waals surface area contributed by atoms with Crippen molar-refractivity contribution in [3.05, 3.63) is 59.2 Å². The summed E-state index contributed by atoms with van der Waals surface area (Å²) >= 11 is 0. The lowest BCUT2D eigenvalue weighted by Gasteiger charge is -2.20. The van der Waals surface area contributed by atoms with Crippen molar-refractivity contribution in [1.82, 2.24) is 34.4 Å².